The Morgan fingerprint density at radius 2 is 1.58 bits per heavy atom. The molecule has 0 heterocycles. The Kier molecular flexibility index (Phi) is 7.60. The first-order valence-electron chi connectivity index (χ1n) is 2.57. The molecule has 0 aromatic heterocycles. The van der Waals surface area contributed by atoms with Gasteiger partial charge in [-0.15, -0.1) is 0 Å². The lowest BCUT2D eigenvalue weighted by molar-refractivity contribution is -0.191. The van der Waals surface area contributed by atoms with Gasteiger partial charge in [0.1, 0.15) is 0 Å². The maximum atomic E-state index is 9.87. The van der Waals surface area contributed by atoms with Gasteiger partial charge in [0.15, 0.2) is 0 Å². The number of hydrogen-bond acceptors (Lipinski definition) is 4. The van der Waals surface area contributed by atoms with Crippen molar-refractivity contribution >= 4 is 18.1 Å². The highest BCUT2D eigenvalue weighted by molar-refractivity contribution is 5.91. The van der Waals surface area contributed by atoms with Gasteiger partial charge in [-0.1, -0.05) is 6.58 Å². The van der Waals surface area contributed by atoms with Crippen molar-refractivity contribution in [1.82, 2.24) is 0 Å². The molecule has 2 N–H and O–H groups in total. The van der Waals surface area contributed by atoms with E-state index < -0.39 is 18.4 Å². The van der Waals surface area contributed by atoms with Gasteiger partial charge in [0.25, 0.3) is 0 Å². The Morgan fingerprint density at radius 1 is 1.25 bits per heavy atom. The minimum absolute atomic E-state index is 0.250. The van der Waals surface area contributed by atoms with Crippen LogP contribution in [-0.4, -0.2) is 28.3 Å². The van der Waals surface area contributed by atoms with E-state index in [0.29, 0.717) is 0 Å². The van der Waals surface area contributed by atoms with Crippen LogP contribution in [0.3, 0.4) is 0 Å². The quantitative estimate of drug-likeness (QED) is 0.559. The fourth-order valence-corrected chi connectivity index (χ4v) is 0.258. The second-order valence-corrected chi connectivity index (χ2v) is 1.56. The van der Waals surface area contributed by atoms with Gasteiger partial charge >= 0.3 is 18.1 Å². The van der Waals surface area contributed by atoms with Crippen molar-refractivity contribution in [3.63, 3.8) is 0 Å². The van der Waals surface area contributed by atoms with Crippen molar-refractivity contribution in [3.05, 3.63) is 12.2 Å². The molecule has 0 saturated heterocycles. The van der Waals surface area contributed by atoms with E-state index in [-0.39, 0.29) is 11.7 Å². The van der Waals surface area contributed by atoms with E-state index in [9.17, 15) is 9.59 Å². The zero-order valence-electron chi connectivity index (χ0n) is 5.94. The van der Waals surface area contributed by atoms with Crippen LogP contribution < -0.4 is 0 Å². The van der Waals surface area contributed by atoms with Crippen LogP contribution in [0.1, 0.15) is 6.42 Å². The Labute approximate surface area is 67.1 Å². The molecule has 0 radical (unpaired) electrons. The summed E-state index contributed by atoms with van der Waals surface area (Å²) in [5, 5.41) is 16.1. The first kappa shape index (κ1) is 12.7. The molecule has 0 bridgehead atoms. The Bertz CT molecular complexity index is 222. The van der Waals surface area contributed by atoms with Crippen LogP contribution in [-0.2, 0) is 19.2 Å². The molecule has 0 rings (SSSR count). The maximum Gasteiger partial charge on any atom is 0.373 e. The van der Waals surface area contributed by atoms with Crippen molar-refractivity contribution in [3.8, 4) is 0 Å². The molecule has 0 unspecified atom stereocenters. The zero-order chi connectivity index (χ0) is 10.1. The van der Waals surface area contributed by atoms with Crippen molar-refractivity contribution in [2.24, 2.45) is 0 Å². The van der Waals surface area contributed by atoms with Gasteiger partial charge in [-0.25, -0.2) is 4.79 Å². The van der Waals surface area contributed by atoms with Gasteiger partial charge in [0.2, 0.25) is 0 Å². The van der Waals surface area contributed by atoms with Gasteiger partial charge in [-0.3, -0.25) is 4.79 Å². The third-order valence-electron chi connectivity index (χ3n) is 0.667. The van der Waals surface area contributed by atoms with Crippen molar-refractivity contribution in [1.29, 1.82) is 0 Å². The number of hydrogen-bond donors (Lipinski definition) is 2. The fourth-order valence-electron chi connectivity index (χ4n) is 0.258. The summed E-state index contributed by atoms with van der Waals surface area (Å²) in [6.07, 6.45) is -0.255. The first-order valence-corrected chi connectivity index (χ1v) is 2.57. The van der Waals surface area contributed by atoms with Gasteiger partial charge in [0, 0.05) is 5.57 Å². The minimum atomic E-state index is -1.27. The Morgan fingerprint density at radius 3 is 1.67 bits per heavy atom. The number of rotatable bonds is 3. The fraction of sp³-hybridized carbons (Fsp3) is 0.167. The molecule has 0 saturated carbocycles. The van der Waals surface area contributed by atoms with E-state index in [2.05, 4.69) is 6.58 Å². The molecule has 0 atom stereocenters. The zero-order valence-corrected chi connectivity index (χ0v) is 5.94. The molecule has 0 spiro atoms. The number of aliphatic carboxylic acids is 2. The van der Waals surface area contributed by atoms with Crippen LogP contribution in [0.4, 0.5) is 0 Å². The lowest BCUT2D eigenvalue weighted by atomic mass is 10.2. The molecule has 6 heteroatoms. The molecule has 0 aliphatic rings. The number of carboxylic acids is 2. The second-order valence-electron chi connectivity index (χ2n) is 1.56. The van der Waals surface area contributed by atoms with Gasteiger partial charge in [-0.05, 0) is 0 Å². The highest BCUT2D eigenvalue weighted by Gasteiger charge is 2.07. The molecule has 12 heavy (non-hydrogen) atoms. The largest absolute Gasteiger partial charge is 0.481 e. The molecule has 0 aliphatic heterocycles. The van der Waals surface area contributed by atoms with E-state index in [1.54, 1.807) is 0 Å². The number of carbonyl (C=O) groups excluding carboxylic acids is 2. The maximum absolute atomic E-state index is 9.87. The molecule has 0 aliphatic carbocycles. The second kappa shape index (κ2) is 7.17. The summed E-state index contributed by atoms with van der Waals surface area (Å²) < 4.78 is 0. The average Bonchev–Trinajstić information content (AvgIpc) is 1.87. The Hall–Kier alpha value is -1.94. The predicted octanol–water partition coefficient (Wildman–Crippen LogP) is -0.482. The smallest absolute Gasteiger partial charge is 0.373 e. The predicted molar refractivity (Wildman–Crippen MR) is 34.0 cm³/mol. The summed E-state index contributed by atoms with van der Waals surface area (Å²) in [6, 6.07) is 0. The molecule has 0 amide bonds. The van der Waals surface area contributed by atoms with Crippen molar-refractivity contribution in [2.75, 3.05) is 0 Å². The number of carboxylic acid groups (broad SMARTS) is 2. The van der Waals surface area contributed by atoms with E-state index in [1.165, 1.54) is 0 Å². The first-order chi connectivity index (χ1) is 5.45. The third kappa shape index (κ3) is 10.9. The third-order valence-corrected chi connectivity index (χ3v) is 0.667. The minimum Gasteiger partial charge on any atom is -0.481 e. The van der Waals surface area contributed by atoms with E-state index in [1.807, 2.05) is 0 Å². The highest BCUT2D eigenvalue weighted by atomic mass is 16.4. The lowest BCUT2D eigenvalue weighted by Gasteiger charge is -1.91. The summed E-state index contributed by atoms with van der Waals surface area (Å²) in [5.41, 5.74) is -0.303. The molecular weight excluding hydrogens is 168 g/mol. The SMILES string of the molecule is C=C(CC(=O)O)C(=O)O.O=C=O. The van der Waals surface area contributed by atoms with Crippen LogP contribution in [0.15, 0.2) is 12.2 Å². The highest BCUT2D eigenvalue weighted by Crippen LogP contribution is 1.95. The van der Waals surface area contributed by atoms with E-state index in [4.69, 9.17) is 19.8 Å². The molecule has 6 nitrogen and oxygen atoms in total. The molecule has 0 fully saturated rings. The molecule has 0 aromatic rings. The van der Waals surface area contributed by atoms with E-state index >= 15 is 0 Å². The van der Waals surface area contributed by atoms with Crippen LogP contribution in [0.25, 0.3) is 0 Å². The van der Waals surface area contributed by atoms with E-state index in [0.717, 1.165) is 0 Å². The summed E-state index contributed by atoms with van der Waals surface area (Å²) in [5.74, 6) is -2.44. The molecule has 0 aromatic carbocycles. The van der Waals surface area contributed by atoms with Crippen LogP contribution in [0.5, 0.6) is 0 Å². The van der Waals surface area contributed by atoms with Crippen LogP contribution >= 0.6 is 0 Å². The molecular formula is C6H6O6. The standard InChI is InChI=1S/C5H6O4.CO2/c1-3(5(8)9)2-4(6)7;2-1-3/h1-2H2,(H,6,7)(H,8,9);. The van der Waals surface area contributed by atoms with Crippen molar-refractivity contribution < 1.29 is 29.4 Å². The normalized spacial score (nSPS) is 7.00. The van der Waals surface area contributed by atoms with Crippen LogP contribution in [0, 0.1) is 0 Å². The summed E-state index contributed by atoms with van der Waals surface area (Å²) in [4.78, 5) is 35.9. The van der Waals surface area contributed by atoms with Crippen LogP contribution in [0.2, 0.25) is 0 Å². The molecule has 66 valence electrons. The summed E-state index contributed by atoms with van der Waals surface area (Å²) in [6.45, 7) is 3.01. The monoisotopic (exact) mass is 174 g/mol. The van der Waals surface area contributed by atoms with Gasteiger partial charge < -0.3 is 10.2 Å². The Balaban J connectivity index is 0. The summed E-state index contributed by atoms with van der Waals surface area (Å²) >= 11 is 0. The van der Waals surface area contributed by atoms with Gasteiger partial charge in [-0.2, -0.15) is 9.59 Å². The van der Waals surface area contributed by atoms with Gasteiger partial charge in [0.05, 0.1) is 6.42 Å². The average molecular weight is 174 g/mol. The topological polar surface area (TPSA) is 109 Å². The lowest BCUT2D eigenvalue weighted by Crippen LogP contribution is -2.04. The number of carbonyl (C=O) groups is 2. The summed E-state index contributed by atoms with van der Waals surface area (Å²) in [7, 11) is 0. The van der Waals surface area contributed by atoms with Crippen molar-refractivity contribution in [2.45, 2.75) is 6.42 Å².